The van der Waals surface area contributed by atoms with Crippen LogP contribution in [0.2, 0.25) is 0 Å². The first-order valence-electron chi connectivity index (χ1n) is 7.41. The van der Waals surface area contributed by atoms with Gasteiger partial charge < -0.3 is 15.2 Å². The van der Waals surface area contributed by atoms with Crippen LogP contribution in [0.15, 0.2) is 41.2 Å². The molecule has 3 aromatic rings. The minimum absolute atomic E-state index is 0.0957. The predicted octanol–water partition coefficient (Wildman–Crippen LogP) is 4.06. The summed E-state index contributed by atoms with van der Waals surface area (Å²) in [5.41, 5.74) is 1.89. The van der Waals surface area contributed by atoms with Crippen molar-refractivity contribution in [3.8, 4) is 22.8 Å². The highest BCUT2D eigenvalue weighted by atomic mass is 32.1. The van der Waals surface area contributed by atoms with Crippen LogP contribution in [0.1, 0.15) is 12.5 Å². The van der Waals surface area contributed by atoms with Gasteiger partial charge in [-0.25, -0.2) is 14.4 Å². The minimum atomic E-state index is -0.456. The summed E-state index contributed by atoms with van der Waals surface area (Å²) in [6.45, 7) is 2.74. The lowest BCUT2D eigenvalue weighted by Crippen LogP contribution is -2.05. The number of phenolic OH excluding ortho intramolecular Hbond substituents is 1. The third-order valence-electron chi connectivity index (χ3n) is 3.31. The largest absolute Gasteiger partial charge is 0.504 e. The van der Waals surface area contributed by atoms with Gasteiger partial charge in [-0.05, 0) is 36.1 Å². The molecule has 1 aromatic carbocycles. The number of rotatable bonds is 6. The van der Waals surface area contributed by atoms with E-state index in [1.807, 2.05) is 23.8 Å². The number of hydrogen-bond acceptors (Lipinski definition) is 6. The topological polar surface area (TPSA) is 67.3 Å². The highest BCUT2D eigenvalue weighted by Crippen LogP contribution is 2.27. The number of phenols is 1. The third-order valence-corrected chi connectivity index (χ3v) is 4.00. The summed E-state index contributed by atoms with van der Waals surface area (Å²) >= 11 is 1.48. The van der Waals surface area contributed by atoms with Gasteiger partial charge in [-0.15, -0.1) is 0 Å². The number of aromatic hydroxyl groups is 1. The van der Waals surface area contributed by atoms with Gasteiger partial charge in [-0.3, -0.25) is 0 Å². The molecule has 0 aliphatic rings. The molecule has 0 saturated heterocycles. The van der Waals surface area contributed by atoms with Gasteiger partial charge in [0, 0.05) is 17.5 Å². The molecule has 0 atom stereocenters. The van der Waals surface area contributed by atoms with Crippen LogP contribution in [-0.4, -0.2) is 21.7 Å². The Morgan fingerprint density at radius 1 is 1.33 bits per heavy atom. The number of ether oxygens (including phenoxy) is 1. The van der Waals surface area contributed by atoms with Gasteiger partial charge in [0.2, 0.25) is 5.95 Å². The second kappa shape index (κ2) is 7.27. The molecule has 0 aliphatic heterocycles. The molecule has 3 rings (SSSR count). The normalized spacial score (nSPS) is 10.6. The quantitative estimate of drug-likeness (QED) is 0.705. The summed E-state index contributed by atoms with van der Waals surface area (Å²) in [6, 6.07) is 6.90. The Kier molecular flexibility index (Phi) is 4.90. The van der Waals surface area contributed by atoms with Crippen molar-refractivity contribution in [2.75, 3.05) is 11.9 Å². The number of nitrogens with zero attached hydrogens (tertiary/aromatic N) is 2. The van der Waals surface area contributed by atoms with E-state index in [1.165, 1.54) is 11.3 Å². The molecule has 0 radical (unpaired) electrons. The van der Waals surface area contributed by atoms with Crippen molar-refractivity contribution < 1.29 is 14.2 Å². The molecule has 0 saturated carbocycles. The van der Waals surface area contributed by atoms with E-state index in [4.69, 9.17) is 4.74 Å². The Morgan fingerprint density at radius 3 is 2.96 bits per heavy atom. The number of thiophene rings is 1. The average molecular weight is 345 g/mol. The SMILES string of the molecule is CCOc1cc(CNc2ncc(F)c(-c3ccsc3)n2)ccc1O. The molecule has 2 N–H and O–H groups in total. The zero-order chi connectivity index (χ0) is 16.9. The Labute approximate surface area is 142 Å². The van der Waals surface area contributed by atoms with E-state index < -0.39 is 5.82 Å². The highest BCUT2D eigenvalue weighted by Gasteiger charge is 2.10. The first kappa shape index (κ1) is 16.2. The summed E-state index contributed by atoms with van der Waals surface area (Å²) in [4.78, 5) is 8.20. The molecule has 0 bridgehead atoms. The lowest BCUT2D eigenvalue weighted by atomic mass is 10.2. The number of anilines is 1. The zero-order valence-corrected chi connectivity index (χ0v) is 13.8. The van der Waals surface area contributed by atoms with E-state index in [2.05, 4.69) is 15.3 Å². The maximum atomic E-state index is 13.9. The second-order valence-electron chi connectivity index (χ2n) is 4.99. The van der Waals surface area contributed by atoms with Crippen molar-refractivity contribution >= 4 is 17.3 Å². The van der Waals surface area contributed by atoms with Crippen molar-refractivity contribution in [3.63, 3.8) is 0 Å². The van der Waals surface area contributed by atoms with E-state index in [-0.39, 0.29) is 11.4 Å². The number of hydrogen-bond donors (Lipinski definition) is 2. The fourth-order valence-electron chi connectivity index (χ4n) is 2.17. The van der Waals surface area contributed by atoms with E-state index in [0.29, 0.717) is 24.8 Å². The molecule has 7 heteroatoms. The van der Waals surface area contributed by atoms with Gasteiger partial charge in [-0.1, -0.05) is 6.07 Å². The molecule has 5 nitrogen and oxygen atoms in total. The highest BCUT2D eigenvalue weighted by molar-refractivity contribution is 7.08. The first-order valence-corrected chi connectivity index (χ1v) is 8.35. The lowest BCUT2D eigenvalue weighted by molar-refractivity contribution is 0.318. The van der Waals surface area contributed by atoms with Crippen LogP contribution in [0.3, 0.4) is 0 Å². The Balaban J connectivity index is 1.75. The van der Waals surface area contributed by atoms with Gasteiger partial charge >= 0.3 is 0 Å². The van der Waals surface area contributed by atoms with Gasteiger partial charge in [-0.2, -0.15) is 11.3 Å². The molecular formula is C17H16FN3O2S. The molecule has 24 heavy (non-hydrogen) atoms. The van der Waals surface area contributed by atoms with Gasteiger partial charge in [0.25, 0.3) is 0 Å². The molecule has 124 valence electrons. The van der Waals surface area contributed by atoms with E-state index >= 15 is 0 Å². The van der Waals surface area contributed by atoms with Gasteiger partial charge in [0.1, 0.15) is 5.69 Å². The molecule has 0 spiro atoms. The van der Waals surface area contributed by atoms with Crippen LogP contribution < -0.4 is 10.1 Å². The Morgan fingerprint density at radius 2 is 2.21 bits per heavy atom. The number of benzene rings is 1. The zero-order valence-electron chi connectivity index (χ0n) is 13.0. The van der Waals surface area contributed by atoms with Gasteiger partial charge in [0.05, 0.1) is 12.8 Å². The van der Waals surface area contributed by atoms with Crippen LogP contribution in [0.25, 0.3) is 11.3 Å². The fraction of sp³-hybridized carbons (Fsp3) is 0.176. The summed E-state index contributed by atoms with van der Waals surface area (Å²) in [5.74, 6) is 0.403. The van der Waals surface area contributed by atoms with Crippen LogP contribution in [-0.2, 0) is 6.54 Å². The molecule has 2 aromatic heterocycles. The molecule has 2 heterocycles. The van der Waals surface area contributed by atoms with Crippen LogP contribution in [0.4, 0.5) is 10.3 Å². The van der Waals surface area contributed by atoms with E-state index in [0.717, 1.165) is 17.3 Å². The van der Waals surface area contributed by atoms with Crippen LogP contribution in [0, 0.1) is 5.82 Å². The van der Waals surface area contributed by atoms with Crippen molar-refractivity contribution in [3.05, 3.63) is 52.6 Å². The van der Waals surface area contributed by atoms with Crippen molar-refractivity contribution in [2.45, 2.75) is 13.5 Å². The maximum Gasteiger partial charge on any atom is 0.223 e. The van der Waals surface area contributed by atoms with Crippen molar-refractivity contribution in [1.82, 2.24) is 9.97 Å². The summed E-state index contributed by atoms with van der Waals surface area (Å²) in [7, 11) is 0. The van der Waals surface area contributed by atoms with Crippen LogP contribution in [0.5, 0.6) is 11.5 Å². The molecule has 0 amide bonds. The Hall–Kier alpha value is -2.67. The molecule has 0 unspecified atom stereocenters. The first-order chi connectivity index (χ1) is 11.7. The number of halogens is 1. The van der Waals surface area contributed by atoms with Crippen molar-refractivity contribution in [2.24, 2.45) is 0 Å². The maximum absolute atomic E-state index is 13.9. The molecule has 0 aliphatic carbocycles. The predicted molar refractivity (Wildman–Crippen MR) is 91.9 cm³/mol. The number of nitrogens with one attached hydrogen (secondary N) is 1. The monoisotopic (exact) mass is 345 g/mol. The third kappa shape index (κ3) is 3.62. The fourth-order valence-corrected chi connectivity index (χ4v) is 2.82. The van der Waals surface area contributed by atoms with E-state index in [1.54, 1.807) is 18.2 Å². The summed E-state index contributed by atoms with van der Waals surface area (Å²) in [6.07, 6.45) is 1.16. The lowest BCUT2D eigenvalue weighted by Gasteiger charge is -2.10. The van der Waals surface area contributed by atoms with E-state index in [9.17, 15) is 9.50 Å². The Bertz CT molecular complexity index is 825. The number of aromatic nitrogens is 2. The average Bonchev–Trinajstić information content (AvgIpc) is 3.11. The summed E-state index contributed by atoms with van der Waals surface area (Å²) < 4.78 is 19.2. The second-order valence-corrected chi connectivity index (χ2v) is 5.77. The summed E-state index contributed by atoms with van der Waals surface area (Å²) in [5, 5.41) is 16.5. The van der Waals surface area contributed by atoms with Gasteiger partial charge in [0.15, 0.2) is 17.3 Å². The smallest absolute Gasteiger partial charge is 0.223 e. The minimum Gasteiger partial charge on any atom is -0.504 e. The van der Waals surface area contributed by atoms with Crippen molar-refractivity contribution in [1.29, 1.82) is 0 Å². The standard InChI is InChI=1S/C17H16FN3O2S/c1-2-23-15-7-11(3-4-14(15)22)8-19-17-20-9-13(18)16(21-17)12-5-6-24-10-12/h3-7,9-10,22H,2,8H2,1H3,(H,19,20,21). The molecular weight excluding hydrogens is 329 g/mol. The van der Waals surface area contributed by atoms with Crippen LogP contribution >= 0.6 is 11.3 Å². The molecule has 0 fully saturated rings.